The van der Waals surface area contributed by atoms with Crippen LogP contribution >= 0.6 is 0 Å². The number of para-hydroxylation sites is 4. The molecule has 0 saturated heterocycles. The molecule has 4 aromatic rings. The van der Waals surface area contributed by atoms with Crippen molar-refractivity contribution in [1.82, 2.24) is 14.5 Å². The molecule has 0 bridgehead atoms. The van der Waals surface area contributed by atoms with Gasteiger partial charge in [-0.1, -0.05) is 49.4 Å². The number of carbonyl (C=O) groups is 1. The van der Waals surface area contributed by atoms with Gasteiger partial charge in [-0.05, 0) is 49.7 Å². The fourth-order valence-electron chi connectivity index (χ4n) is 4.04. The number of nitrogens with zero attached hydrogens (tertiary/aromatic N) is 3. The third kappa shape index (κ3) is 4.50. The van der Waals surface area contributed by atoms with Crippen molar-refractivity contribution in [3.8, 4) is 11.4 Å². The molecular weight excluding hydrogens is 428 g/mol. The van der Waals surface area contributed by atoms with E-state index in [9.17, 15) is 9.59 Å². The summed E-state index contributed by atoms with van der Waals surface area (Å²) < 4.78 is 6.98. The standard InChI is InChI=1S/C27H28N4O3/c1-4-18-30(27(33)29-23-16-10-11-17-24(23)34-3)19(2)25-28-22-15-9-8-14-21(22)26(32)31(25)20-12-6-5-7-13-20/h5-17,19H,4,18H2,1-3H3,(H,29,33). The second kappa shape index (κ2) is 10.2. The van der Waals surface area contributed by atoms with E-state index in [4.69, 9.17) is 9.72 Å². The molecular formula is C27H28N4O3. The maximum atomic E-state index is 13.6. The van der Waals surface area contributed by atoms with Crippen LogP contribution in [0.15, 0.2) is 83.7 Å². The molecule has 0 fully saturated rings. The summed E-state index contributed by atoms with van der Waals surface area (Å²) >= 11 is 0. The lowest BCUT2D eigenvalue weighted by molar-refractivity contribution is 0.189. The molecule has 34 heavy (non-hydrogen) atoms. The number of fused-ring (bicyclic) bond motifs is 1. The van der Waals surface area contributed by atoms with Gasteiger partial charge in [-0.2, -0.15) is 0 Å². The Morgan fingerprint density at radius 2 is 1.71 bits per heavy atom. The number of benzene rings is 3. The number of carbonyl (C=O) groups excluding carboxylic acids is 1. The summed E-state index contributed by atoms with van der Waals surface area (Å²) in [6.45, 7) is 4.39. The van der Waals surface area contributed by atoms with E-state index in [-0.39, 0.29) is 11.6 Å². The van der Waals surface area contributed by atoms with Crippen molar-refractivity contribution in [2.45, 2.75) is 26.3 Å². The summed E-state index contributed by atoms with van der Waals surface area (Å²) in [5.41, 5.74) is 1.72. The molecule has 1 atom stereocenters. The molecule has 1 heterocycles. The van der Waals surface area contributed by atoms with E-state index >= 15 is 0 Å². The normalized spacial score (nSPS) is 11.7. The van der Waals surface area contributed by atoms with Gasteiger partial charge in [0.05, 0.1) is 35.4 Å². The Morgan fingerprint density at radius 3 is 2.44 bits per heavy atom. The molecule has 7 heteroatoms. The first-order valence-corrected chi connectivity index (χ1v) is 11.3. The number of amides is 2. The summed E-state index contributed by atoms with van der Waals surface area (Å²) in [6.07, 6.45) is 0.743. The molecule has 0 spiro atoms. The first kappa shape index (κ1) is 23.0. The summed E-state index contributed by atoms with van der Waals surface area (Å²) in [5, 5.41) is 3.49. The van der Waals surface area contributed by atoms with Crippen molar-refractivity contribution in [2.75, 3.05) is 19.0 Å². The molecule has 0 aliphatic carbocycles. The number of anilines is 1. The Bertz CT molecular complexity index is 1350. The average Bonchev–Trinajstić information content (AvgIpc) is 2.87. The van der Waals surface area contributed by atoms with Crippen LogP contribution in [0.2, 0.25) is 0 Å². The molecule has 0 aliphatic heterocycles. The summed E-state index contributed by atoms with van der Waals surface area (Å²) in [7, 11) is 1.56. The van der Waals surface area contributed by atoms with Crippen molar-refractivity contribution >= 4 is 22.6 Å². The van der Waals surface area contributed by atoms with E-state index in [1.165, 1.54) is 0 Å². The second-order valence-electron chi connectivity index (χ2n) is 7.96. The second-order valence-corrected chi connectivity index (χ2v) is 7.96. The van der Waals surface area contributed by atoms with Crippen LogP contribution in [0.25, 0.3) is 16.6 Å². The summed E-state index contributed by atoms with van der Waals surface area (Å²) in [4.78, 5) is 33.5. The molecule has 2 amide bonds. The summed E-state index contributed by atoms with van der Waals surface area (Å²) in [6, 6.07) is 23.2. The van der Waals surface area contributed by atoms with Crippen LogP contribution in [0.5, 0.6) is 5.75 Å². The Kier molecular flexibility index (Phi) is 6.92. The Labute approximate surface area is 198 Å². The van der Waals surface area contributed by atoms with Gasteiger partial charge in [0.25, 0.3) is 5.56 Å². The van der Waals surface area contributed by atoms with E-state index in [1.807, 2.05) is 74.5 Å². The van der Waals surface area contributed by atoms with Gasteiger partial charge in [-0.25, -0.2) is 9.78 Å². The lowest BCUT2D eigenvalue weighted by atomic mass is 10.2. The molecule has 4 rings (SSSR count). The van der Waals surface area contributed by atoms with Crippen LogP contribution in [-0.4, -0.2) is 34.1 Å². The first-order chi connectivity index (χ1) is 16.5. The third-order valence-electron chi connectivity index (χ3n) is 5.73. The predicted octanol–water partition coefficient (Wildman–Crippen LogP) is 5.40. The number of hydrogen-bond acceptors (Lipinski definition) is 4. The highest BCUT2D eigenvalue weighted by atomic mass is 16.5. The van der Waals surface area contributed by atoms with E-state index in [2.05, 4.69) is 5.32 Å². The fraction of sp³-hybridized carbons (Fsp3) is 0.222. The number of hydrogen-bond donors (Lipinski definition) is 1. The molecule has 0 radical (unpaired) electrons. The lowest BCUT2D eigenvalue weighted by Crippen LogP contribution is -2.40. The van der Waals surface area contributed by atoms with E-state index < -0.39 is 6.04 Å². The van der Waals surface area contributed by atoms with Crippen molar-refractivity contribution in [3.05, 3.63) is 95.0 Å². The zero-order valence-electron chi connectivity index (χ0n) is 19.6. The fourth-order valence-corrected chi connectivity index (χ4v) is 4.04. The highest BCUT2D eigenvalue weighted by Crippen LogP contribution is 2.27. The Balaban J connectivity index is 1.81. The van der Waals surface area contributed by atoms with Crippen molar-refractivity contribution in [2.24, 2.45) is 0 Å². The molecule has 1 N–H and O–H groups in total. The van der Waals surface area contributed by atoms with Gasteiger partial charge >= 0.3 is 6.03 Å². The monoisotopic (exact) mass is 456 g/mol. The highest BCUT2D eigenvalue weighted by molar-refractivity contribution is 5.91. The zero-order chi connectivity index (χ0) is 24.1. The molecule has 1 unspecified atom stereocenters. The van der Waals surface area contributed by atoms with Crippen molar-refractivity contribution in [3.63, 3.8) is 0 Å². The minimum Gasteiger partial charge on any atom is -0.495 e. The van der Waals surface area contributed by atoms with Crippen LogP contribution in [-0.2, 0) is 0 Å². The van der Waals surface area contributed by atoms with Crippen molar-refractivity contribution < 1.29 is 9.53 Å². The maximum absolute atomic E-state index is 13.6. The van der Waals surface area contributed by atoms with Gasteiger partial charge in [-0.15, -0.1) is 0 Å². The topological polar surface area (TPSA) is 76.5 Å². The first-order valence-electron chi connectivity index (χ1n) is 11.3. The van der Waals surface area contributed by atoms with E-state index in [0.29, 0.717) is 40.4 Å². The van der Waals surface area contributed by atoms with Gasteiger partial charge in [0.1, 0.15) is 11.6 Å². The van der Waals surface area contributed by atoms with Crippen molar-refractivity contribution in [1.29, 1.82) is 0 Å². The number of ether oxygens (including phenoxy) is 1. The van der Waals surface area contributed by atoms with Gasteiger partial charge in [0.2, 0.25) is 0 Å². The van der Waals surface area contributed by atoms with E-state index in [0.717, 1.165) is 6.42 Å². The Morgan fingerprint density at radius 1 is 1.03 bits per heavy atom. The van der Waals surface area contributed by atoms with Gasteiger partial charge in [0, 0.05) is 6.54 Å². The number of nitrogens with one attached hydrogen (secondary N) is 1. The minimum atomic E-state index is -0.479. The van der Waals surface area contributed by atoms with Crippen LogP contribution in [0, 0.1) is 0 Å². The van der Waals surface area contributed by atoms with Crippen LogP contribution in [0.3, 0.4) is 0 Å². The van der Waals surface area contributed by atoms with E-state index in [1.54, 1.807) is 34.8 Å². The van der Waals surface area contributed by atoms with Crippen LogP contribution < -0.4 is 15.6 Å². The largest absolute Gasteiger partial charge is 0.495 e. The van der Waals surface area contributed by atoms with Gasteiger partial charge in [0.15, 0.2) is 0 Å². The van der Waals surface area contributed by atoms with Gasteiger partial charge in [-0.3, -0.25) is 9.36 Å². The van der Waals surface area contributed by atoms with Gasteiger partial charge < -0.3 is 15.0 Å². The highest BCUT2D eigenvalue weighted by Gasteiger charge is 2.27. The van der Waals surface area contributed by atoms with Crippen LogP contribution in [0.1, 0.15) is 32.1 Å². The molecule has 0 saturated carbocycles. The minimum absolute atomic E-state index is 0.166. The molecule has 7 nitrogen and oxygen atoms in total. The molecule has 0 aliphatic rings. The SMILES string of the molecule is CCCN(C(=O)Nc1ccccc1OC)C(C)c1nc2ccccc2c(=O)n1-c1ccccc1. The summed E-state index contributed by atoms with van der Waals surface area (Å²) in [5.74, 6) is 1.07. The zero-order valence-corrected chi connectivity index (χ0v) is 19.6. The number of rotatable bonds is 7. The maximum Gasteiger partial charge on any atom is 0.322 e. The van der Waals surface area contributed by atoms with Crippen LogP contribution in [0.4, 0.5) is 10.5 Å². The molecule has 3 aromatic carbocycles. The number of aromatic nitrogens is 2. The molecule has 1 aromatic heterocycles. The third-order valence-corrected chi connectivity index (χ3v) is 5.73. The Hall–Kier alpha value is -4.13. The quantitative estimate of drug-likeness (QED) is 0.404. The predicted molar refractivity (Wildman–Crippen MR) is 135 cm³/mol. The molecule has 174 valence electrons. The average molecular weight is 457 g/mol. The number of methoxy groups -OCH3 is 1. The number of urea groups is 1. The lowest BCUT2D eigenvalue weighted by Gasteiger charge is -2.30. The smallest absolute Gasteiger partial charge is 0.322 e.